The summed E-state index contributed by atoms with van der Waals surface area (Å²) >= 11 is 0. The first kappa shape index (κ1) is 21.5. The molecule has 1 amide bonds. The zero-order valence-corrected chi connectivity index (χ0v) is 16.5. The number of hydrogen-bond donors (Lipinski definition) is 1. The molecule has 0 spiro atoms. The fourth-order valence-electron chi connectivity index (χ4n) is 3.19. The number of para-hydroxylation sites is 1. The van der Waals surface area contributed by atoms with Crippen LogP contribution < -0.4 is 10.9 Å². The normalized spacial score (nSPS) is 11.8. The van der Waals surface area contributed by atoms with E-state index in [0.29, 0.717) is 17.9 Å². The molecule has 0 fully saturated rings. The Kier molecular flexibility index (Phi) is 6.21. The Morgan fingerprint density at radius 1 is 1.17 bits per heavy atom. The summed E-state index contributed by atoms with van der Waals surface area (Å²) in [5.41, 5.74) is 0.317. The van der Waals surface area contributed by atoms with E-state index in [1.165, 1.54) is 28.7 Å². The van der Waals surface area contributed by atoms with Crippen LogP contribution in [0.2, 0.25) is 0 Å². The van der Waals surface area contributed by atoms with Crippen LogP contribution in [0, 0.1) is 6.92 Å². The molecule has 1 N–H and O–H groups in total. The van der Waals surface area contributed by atoms with Crippen LogP contribution in [0.25, 0.3) is 5.65 Å². The average molecular weight is 418 g/mol. The minimum atomic E-state index is -4.57. The molecular weight excluding hydrogens is 397 g/mol. The molecule has 6 nitrogen and oxygen atoms in total. The lowest BCUT2D eigenvalue weighted by atomic mass is 10.1. The van der Waals surface area contributed by atoms with Gasteiger partial charge in [0.2, 0.25) is 5.91 Å². The average Bonchev–Trinajstić information content (AvgIpc) is 2.66. The van der Waals surface area contributed by atoms with E-state index in [1.807, 2.05) is 6.92 Å². The van der Waals surface area contributed by atoms with E-state index in [1.54, 1.807) is 30.0 Å². The Morgan fingerprint density at radius 2 is 1.90 bits per heavy atom. The van der Waals surface area contributed by atoms with Crippen molar-refractivity contribution in [3.8, 4) is 0 Å². The van der Waals surface area contributed by atoms with Crippen LogP contribution in [-0.2, 0) is 17.5 Å². The van der Waals surface area contributed by atoms with Crippen LogP contribution in [0.3, 0.4) is 0 Å². The molecule has 3 rings (SSSR count). The highest BCUT2D eigenvalue weighted by Crippen LogP contribution is 2.34. The standard InChI is InChI=1S/C21H21F3N4O2/c1-3-27(12-15-11-20(30)28-14(2)7-6-10-18(28)25-15)13-19(29)26-17-9-5-4-8-16(17)21(22,23)24/h4-11H,3,12-13H2,1-2H3,(H,26,29). The van der Waals surface area contributed by atoms with Crippen molar-refractivity contribution >= 4 is 17.2 Å². The first-order valence-corrected chi connectivity index (χ1v) is 9.35. The number of aryl methyl sites for hydroxylation is 1. The number of alkyl halides is 3. The number of benzene rings is 1. The van der Waals surface area contributed by atoms with Crippen LogP contribution in [0.5, 0.6) is 0 Å². The molecule has 0 saturated carbocycles. The molecule has 0 radical (unpaired) electrons. The monoisotopic (exact) mass is 418 g/mol. The van der Waals surface area contributed by atoms with Crippen LogP contribution in [0.15, 0.2) is 53.3 Å². The maximum Gasteiger partial charge on any atom is 0.418 e. The van der Waals surface area contributed by atoms with Crippen molar-refractivity contribution in [2.45, 2.75) is 26.6 Å². The number of hydrogen-bond acceptors (Lipinski definition) is 4. The second-order valence-electron chi connectivity index (χ2n) is 6.84. The maximum absolute atomic E-state index is 13.1. The molecule has 2 heterocycles. The van der Waals surface area contributed by atoms with Gasteiger partial charge in [-0.1, -0.05) is 25.1 Å². The predicted octanol–water partition coefficient (Wildman–Crippen LogP) is 3.48. The van der Waals surface area contributed by atoms with Gasteiger partial charge in [0.15, 0.2) is 0 Å². The van der Waals surface area contributed by atoms with Crippen LogP contribution in [0.4, 0.5) is 18.9 Å². The van der Waals surface area contributed by atoms with E-state index in [2.05, 4.69) is 10.3 Å². The van der Waals surface area contributed by atoms with Crippen molar-refractivity contribution < 1.29 is 18.0 Å². The van der Waals surface area contributed by atoms with Crippen LogP contribution in [0.1, 0.15) is 23.9 Å². The summed E-state index contributed by atoms with van der Waals surface area (Å²) in [6.45, 7) is 4.14. The number of pyridine rings is 1. The van der Waals surface area contributed by atoms with Gasteiger partial charge in [-0.05, 0) is 37.7 Å². The van der Waals surface area contributed by atoms with E-state index in [4.69, 9.17) is 0 Å². The molecule has 158 valence electrons. The van der Waals surface area contributed by atoms with Gasteiger partial charge in [-0.2, -0.15) is 13.2 Å². The molecule has 0 aliphatic carbocycles. The second kappa shape index (κ2) is 8.66. The molecule has 2 aromatic heterocycles. The number of rotatable bonds is 6. The number of carbonyl (C=O) groups is 1. The van der Waals surface area contributed by atoms with Gasteiger partial charge in [-0.3, -0.25) is 18.9 Å². The minimum Gasteiger partial charge on any atom is -0.324 e. The molecule has 0 aliphatic heterocycles. The number of aromatic nitrogens is 2. The van der Waals surface area contributed by atoms with Gasteiger partial charge < -0.3 is 5.32 Å². The second-order valence-corrected chi connectivity index (χ2v) is 6.84. The lowest BCUT2D eigenvalue weighted by molar-refractivity contribution is -0.137. The van der Waals surface area contributed by atoms with E-state index in [9.17, 15) is 22.8 Å². The Balaban J connectivity index is 1.75. The summed E-state index contributed by atoms with van der Waals surface area (Å²) in [5, 5.41) is 2.33. The SMILES string of the molecule is CCN(CC(=O)Nc1ccccc1C(F)(F)F)Cc1cc(=O)n2c(C)cccc2n1. The minimum absolute atomic E-state index is 0.141. The number of carbonyl (C=O) groups excluding carboxylic acids is 1. The Bertz CT molecular complexity index is 1130. The van der Waals surface area contributed by atoms with E-state index >= 15 is 0 Å². The van der Waals surface area contributed by atoms with Gasteiger partial charge in [-0.15, -0.1) is 0 Å². The molecule has 0 atom stereocenters. The van der Waals surface area contributed by atoms with Gasteiger partial charge in [0, 0.05) is 18.3 Å². The molecule has 0 unspecified atom stereocenters. The maximum atomic E-state index is 13.1. The first-order valence-electron chi connectivity index (χ1n) is 9.35. The van der Waals surface area contributed by atoms with Gasteiger partial charge in [-0.25, -0.2) is 4.98 Å². The van der Waals surface area contributed by atoms with Gasteiger partial charge >= 0.3 is 6.18 Å². The smallest absolute Gasteiger partial charge is 0.324 e. The third-order valence-corrected chi connectivity index (χ3v) is 4.64. The number of amides is 1. The lowest BCUT2D eigenvalue weighted by Crippen LogP contribution is -2.34. The topological polar surface area (TPSA) is 66.7 Å². The van der Waals surface area contributed by atoms with Gasteiger partial charge in [0.05, 0.1) is 23.5 Å². The largest absolute Gasteiger partial charge is 0.418 e. The Labute approximate surface area is 171 Å². The van der Waals surface area contributed by atoms with Crippen molar-refractivity contribution in [2.24, 2.45) is 0 Å². The Morgan fingerprint density at radius 3 is 2.60 bits per heavy atom. The summed E-state index contributed by atoms with van der Waals surface area (Å²) in [6, 6.07) is 11.5. The molecule has 9 heteroatoms. The van der Waals surface area contributed by atoms with Crippen molar-refractivity contribution in [1.29, 1.82) is 0 Å². The third kappa shape index (κ3) is 4.85. The summed E-state index contributed by atoms with van der Waals surface area (Å²) in [5.74, 6) is -0.582. The molecule has 30 heavy (non-hydrogen) atoms. The number of anilines is 1. The van der Waals surface area contributed by atoms with Crippen LogP contribution in [-0.4, -0.2) is 33.3 Å². The summed E-state index contributed by atoms with van der Waals surface area (Å²) in [4.78, 5) is 30.9. The highest BCUT2D eigenvalue weighted by molar-refractivity contribution is 5.93. The van der Waals surface area contributed by atoms with Gasteiger partial charge in [0.1, 0.15) is 5.65 Å². The van der Waals surface area contributed by atoms with Crippen molar-refractivity contribution in [3.63, 3.8) is 0 Å². The summed E-state index contributed by atoms with van der Waals surface area (Å²) < 4.78 is 40.8. The zero-order valence-electron chi connectivity index (χ0n) is 16.5. The van der Waals surface area contributed by atoms with Crippen molar-refractivity contribution in [3.05, 3.63) is 75.8 Å². The van der Waals surface area contributed by atoms with Crippen LogP contribution >= 0.6 is 0 Å². The summed E-state index contributed by atoms with van der Waals surface area (Å²) in [6.07, 6.45) is -4.57. The van der Waals surface area contributed by atoms with Gasteiger partial charge in [0.25, 0.3) is 5.56 Å². The van der Waals surface area contributed by atoms with E-state index in [0.717, 1.165) is 11.8 Å². The summed E-state index contributed by atoms with van der Waals surface area (Å²) in [7, 11) is 0. The fourth-order valence-corrected chi connectivity index (χ4v) is 3.19. The molecule has 1 aromatic carbocycles. The highest BCUT2D eigenvalue weighted by Gasteiger charge is 2.33. The van der Waals surface area contributed by atoms with E-state index < -0.39 is 17.6 Å². The molecule has 0 aliphatic rings. The molecule has 3 aromatic rings. The number of likely N-dealkylation sites (N-methyl/N-ethyl adjacent to an activating group) is 1. The number of halogens is 3. The zero-order chi connectivity index (χ0) is 21.9. The van der Waals surface area contributed by atoms with Crippen molar-refractivity contribution in [2.75, 3.05) is 18.4 Å². The number of nitrogens with one attached hydrogen (secondary N) is 1. The highest BCUT2D eigenvalue weighted by atomic mass is 19.4. The first-order chi connectivity index (χ1) is 14.2. The third-order valence-electron chi connectivity index (χ3n) is 4.64. The molecule has 0 bridgehead atoms. The number of fused-ring (bicyclic) bond motifs is 1. The Hall–Kier alpha value is -3.20. The number of nitrogens with zero attached hydrogens (tertiary/aromatic N) is 3. The molecular formula is C21H21F3N4O2. The predicted molar refractivity (Wildman–Crippen MR) is 107 cm³/mol. The van der Waals surface area contributed by atoms with E-state index in [-0.39, 0.29) is 24.3 Å². The quantitative estimate of drug-likeness (QED) is 0.666. The fraction of sp³-hybridized carbons (Fsp3) is 0.286. The lowest BCUT2D eigenvalue weighted by Gasteiger charge is -2.20. The molecule has 0 saturated heterocycles. The van der Waals surface area contributed by atoms with Crippen molar-refractivity contribution in [1.82, 2.24) is 14.3 Å².